The van der Waals surface area contributed by atoms with Crippen LogP contribution >= 0.6 is 0 Å². The predicted molar refractivity (Wildman–Crippen MR) is 89.1 cm³/mol. The van der Waals surface area contributed by atoms with Crippen LogP contribution in [-0.2, 0) is 18.9 Å². The van der Waals surface area contributed by atoms with Gasteiger partial charge in [-0.15, -0.1) is 0 Å². The quantitative estimate of drug-likeness (QED) is 0.386. The minimum absolute atomic E-state index is 0.0276. The SMILES string of the molecule is BOCC(CC(C)C(C)OCCC(C)(C)OCO)OC(C)N. The van der Waals surface area contributed by atoms with Crippen LogP contribution in [0.4, 0.5) is 0 Å². The predicted octanol–water partition coefficient (Wildman–Crippen LogP) is 0.807. The number of ether oxygens (including phenoxy) is 3. The largest absolute Gasteiger partial charge is 0.441 e. The molecule has 0 saturated heterocycles. The maximum atomic E-state index is 8.82. The molecule has 3 N–H and O–H groups in total. The molecule has 0 rings (SSSR count). The Morgan fingerprint density at radius 1 is 1.23 bits per heavy atom. The van der Waals surface area contributed by atoms with Crippen LogP contribution in [0.5, 0.6) is 0 Å². The summed E-state index contributed by atoms with van der Waals surface area (Å²) < 4.78 is 21.9. The van der Waals surface area contributed by atoms with Gasteiger partial charge in [0.15, 0.2) is 0 Å². The van der Waals surface area contributed by atoms with Gasteiger partial charge in [0.1, 0.15) is 13.0 Å². The van der Waals surface area contributed by atoms with Crippen LogP contribution < -0.4 is 5.73 Å². The van der Waals surface area contributed by atoms with Crippen molar-refractivity contribution < 1.29 is 24.0 Å². The zero-order chi connectivity index (χ0) is 17.2. The van der Waals surface area contributed by atoms with E-state index in [9.17, 15) is 0 Å². The summed E-state index contributed by atoms with van der Waals surface area (Å²) in [7, 11) is 1.66. The van der Waals surface area contributed by atoms with Gasteiger partial charge in [-0.25, -0.2) is 0 Å². The Balaban J connectivity index is 4.15. The molecule has 6 nitrogen and oxygen atoms in total. The van der Waals surface area contributed by atoms with E-state index in [0.29, 0.717) is 19.1 Å². The van der Waals surface area contributed by atoms with Crippen LogP contribution in [0.3, 0.4) is 0 Å². The molecule has 0 aliphatic rings. The van der Waals surface area contributed by atoms with Gasteiger partial charge in [0.05, 0.1) is 24.4 Å². The molecule has 0 radical (unpaired) electrons. The zero-order valence-corrected chi connectivity index (χ0v) is 15.0. The van der Waals surface area contributed by atoms with E-state index < -0.39 is 0 Å². The van der Waals surface area contributed by atoms with Crippen molar-refractivity contribution in [3.63, 3.8) is 0 Å². The van der Waals surface area contributed by atoms with Crippen LogP contribution in [-0.4, -0.2) is 57.2 Å². The van der Waals surface area contributed by atoms with Gasteiger partial charge in [-0.1, -0.05) is 6.92 Å². The van der Waals surface area contributed by atoms with Gasteiger partial charge in [-0.05, 0) is 46.5 Å². The van der Waals surface area contributed by atoms with Crippen molar-refractivity contribution >= 4 is 8.05 Å². The molecule has 7 heteroatoms. The average molecular weight is 319 g/mol. The molecular weight excluding hydrogens is 285 g/mol. The number of rotatable bonds is 13. The first-order valence-corrected chi connectivity index (χ1v) is 7.98. The molecule has 4 atom stereocenters. The van der Waals surface area contributed by atoms with E-state index in [4.69, 9.17) is 29.7 Å². The van der Waals surface area contributed by atoms with Gasteiger partial charge in [0.2, 0.25) is 0 Å². The van der Waals surface area contributed by atoms with E-state index in [-0.39, 0.29) is 30.8 Å². The van der Waals surface area contributed by atoms with E-state index in [1.54, 1.807) is 8.05 Å². The number of nitrogens with two attached hydrogens (primary N) is 1. The molecular formula is C15H34BNO5. The lowest BCUT2D eigenvalue weighted by atomic mass is 9.98. The Morgan fingerprint density at radius 2 is 1.86 bits per heavy atom. The lowest BCUT2D eigenvalue weighted by Gasteiger charge is -2.28. The zero-order valence-electron chi connectivity index (χ0n) is 15.0. The highest BCUT2D eigenvalue weighted by atomic mass is 16.6. The maximum Gasteiger partial charge on any atom is 0.257 e. The lowest BCUT2D eigenvalue weighted by Crippen LogP contribution is -2.34. The number of hydrogen-bond acceptors (Lipinski definition) is 6. The number of aliphatic hydroxyl groups is 1. The third kappa shape index (κ3) is 10.5. The third-order valence-corrected chi connectivity index (χ3v) is 3.74. The van der Waals surface area contributed by atoms with E-state index in [0.717, 1.165) is 12.8 Å². The fourth-order valence-corrected chi connectivity index (χ4v) is 2.16. The minimum atomic E-state index is -0.381. The van der Waals surface area contributed by atoms with Crippen LogP contribution in [0.25, 0.3) is 0 Å². The second kappa shape index (κ2) is 11.4. The molecule has 132 valence electrons. The summed E-state index contributed by atoms with van der Waals surface area (Å²) in [6.45, 7) is 10.7. The summed E-state index contributed by atoms with van der Waals surface area (Å²) in [6.07, 6.45) is 1.32. The van der Waals surface area contributed by atoms with Gasteiger partial charge >= 0.3 is 0 Å². The second-order valence-electron chi connectivity index (χ2n) is 6.49. The first kappa shape index (κ1) is 21.8. The number of aliphatic hydroxyl groups excluding tert-OH is 1. The maximum absolute atomic E-state index is 8.82. The van der Waals surface area contributed by atoms with Crippen molar-refractivity contribution in [2.75, 3.05) is 20.0 Å². The summed E-state index contributed by atoms with van der Waals surface area (Å²) >= 11 is 0. The first-order valence-electron chi connectivity index (χ1n) is 7.98. The summed E-state index contributed by atoms with van der Waals surface area (Å²) in [5.41, 5.74) is 5.31. The van der Waals surface area contributed by atoms with Crippen LogP contribution in [0.1, 0.15) is 47.5 Å². The van der Waals surface area contributed by atoms with Gasteiger partial charge < -0.3 is 29.7 Å². The highest BCUT2D eigenvalue weighted by Crippen LogP contribution is 2.19. The molecule has 0 amide bonds. The Morgan fingerprint density at radius 3 is 2.36 bits per heavy atom. The molecule has 0 bridgehead atoms. The summed E-state index contributed by atoms with van der Waals surface area (Å²) in [5.74, 6) is 0.320. The molecule has 0 aliphatic carbocycles. The Kier molecular flexibility index (Phi) is 11.3. The Bertz CT molecular complexity index is 279. The standard InChI is InChI=1S/C15H34BNO5/c1-11(8-14(9-21-16)22-13(3)17)12(2)19-7-6-15(4,5)20-10-18/h11-14,18H,6-10,16-17H2,1-5H3. The normalized spacial score (nSPS) is 18.0. The van der Waals surface area contributed by atoms with Crippen molar-refractivity contribution in [3.8, 4) is 0 Å². The van der Waals surface area contributed by atoms with Crippen molar-refractivity contribution in [3.05, 3.63) is 0 Å². The van der Waals surface area contributed by atoms with Crippen molar-refractivity contribution in [1.29, 1.82) is 0 Å². The average Bonchev–Trinajstić information content (AvgIpc) is 2.37. The molecule has 0 fully saturated rings. The molecule has 0 saturated carbocycles. The minimum Gasteiger partial charge on any atom is -0.441 e. The van der Waals surface area contributed by atoms with Gasteiger partial charge in [-0.3, -0.25) is 0 Å². The summed E-state index contributed by atoms with van der Waals surface area (Å²) in [5, 5.41) is 8.82. The van der Waals surface area contributed by atoms with Crippen molar-refractivity contribution in [1.82, 2.24) is 0 Å². The molecule has 0 aromatic carbocycles. The van der Waals surface area contributed by atoms with Gasteiger partial charge in [0.25, 0.3) is 8.05 Å². The smallest absolute Gasteiger partial charge is 0.257 e. The molecule has 0 aromatic rings. The lowest BCUT2D eigenvalue weighted by molar-refractivity contribution is -0.114. The van der Waals surface area contributed by atoms with Crippen LogP contribution in [0.15, 0.2) is 0 Å². The summed E-state index contributed by atoms with van der Waals surface area (Å²) in [4.78, 5) is 0. The van der Waals surface area contributed by atoms with Gasteiger partial charge in [0, 0.05) is 6.61 Å². The molecule has 22 heavy (non-hydrogen) atoms. The van der Waals surface area contributed by atoms with Crippen LogP contribution in [0, 0.1) is 5.92 Å². The molecule has 0 aliphatic heterocycles. The first-order chi connectivity index (χ1) is 10.2. The number of hydrogen-bond donors (Lipinski definition) is 2. The highest BCUT2D eigenvalue weighted by Gasteiger charge is 2.22. The highest BCUT2D eigenvalue weighted by molar-refractivity contribution is 5.97. The van der Waals surface area contributed by atoms with Crippen molar-refractivity contribution in [2.24, 2.45) is 11.7 Å². The van der Waals surface area contributed by atoms with E-state index >= 15 is 0 Å². The third-order valence-electron chi connectivity index (χ3n) is 3.74. The Labute approximate surface area is 136 Å². The van der Waals surface area contributed by atoms with Crippen LogP contribution in [0.2, 0.25) is 0 Å². The molecule has 0 aromatic heterocycles. The second-order valence-corrected chi connectivity index (χ2v) is 6.49. The molecule has 0 heterocycles. The monoisotopic (exact) mass is 319 g/mol. The van der Waals surface area contributed by atoms with E-state index in [1.807, 2.05) is 20.8 Å². The fraction of sp³-hybridized carbons (Fsp3) is 1.00. The summed E-state index contributed by atoms with van der Waals surface area (Å²) in [6, 6.07) is 0. The topological polar surface area (TPSA) is 83.2 Å². The Hall–Kier alpha value is -0.175. The molecule has 4 unspecified atom stereocenters. The van der Waals surface area contributed by atoms with E-state index in [2.05, 4.69) is 13.8 Å². The van der Waals surface area contributed by atoms with E-state index in [1.165, 1.54) is 0 Å². The van der Waals surface area contributed by atoms with Crippen molar-refractivity contribution in [2.45, 2.75) is 71.5 Å². The van der Waals surface area contributed by atoms with Gasteiger partial charge in [-0.2, -0.15) is 0 Å². The molecule has 0 spiro atoms. The fourth-order valence-electron chi connectivity index (χ4n) is 2.16.